The molecule has 1 N–H and O–H groups in total. The van der Waals surface area contributed by atoms with Crippen LogP contribution in [0.25, 0.3) is 0 Å². The number of rotatable bonds is 5. The molecule has 0 radical (unpaired) electrons. The predicted octanol–water partition coefficient (Wildman–Crippen LogP) is 2.77. The molecule has 1 unspecified atom stereocenters. The Kier molecular flexibility index (Phi) is 4.96. The van der Waals surface area contributed by atoms with Gasteiger partial charge in [-0.05, 0) is 30.2 Å². The third kappa shape index (κ3) is 3.72. The van der Waals surface area contributed by atoms with Crippen LogP contribution in [0.4, 0.5) is 0 Å². The highest BCUT2D eigenvalue weighted by Gasteiger charge is 2.24. The Morgan fingerprint density at radius 3 is 2.27 bits per heavy atom. The highest BCUT2D eigenvalue weighted by Crippen LogP contribution is 2.25. The van der Waals surface area contributed by atoms with Crippen molar-refractivity contribution < 1.29 is 14.7 Å². The molecule has 0 saturated carbocycles. The van der Waals surface area contributed by atoms with Crippen LogP contribution < -0.4 is 0 Å². The molecule has 4 nitrogen and oxygen atoms in total. The van der Waals surface area contributed by atoms with Gasteiger partial charge in [0.25, 0.3) is 5.91 Å². The molecule has 0 aliphatic heterocycles. The topological polar surface area (TPSA) is 49.8 Å². The minimum atomic E-state index is -0.990. The van der Waals surface area contributed by atoms with Crippen LogP contribution in [-0.4, -0.2) is 30.2 Å². The lowest BCUT2D eigenvalue weighted by atomic mass is 9.88. The van der Waals surface area contributed by atoms with Crippen molar-refractivity contribution in [2.45, 2.75) is 18.9 Å². The zero-order valence-corrected chi connectivity index (χ0v) is 13.1. The number of hydroxylamine groups is 2. The quantitative estimate of drug-likeness (QED) is 0.864. The highest BCUT2D eigenvalue weighted by atomic mass is 16.7. The van der Waals surface area contributed by atoms with E-state index in [4.69, 9.17) is 4.84 Å². The third-order valence-corrected chi connectivity index (χ3v) is 3.70. The number of aliphatic hydroxyl groups is 1. The van der Waals surface area contributed by atoms with E-state index >= 15 is 0 Å². The Balaban J connectivity index is 2.17. The standard InChI is InChI=1S/C18H21NO3/c1-18(21,13-14-7-5-4-6-8-14)16-11-9-15(10-12-16)17(20)19(2)22-3/h4-12,21H,13H2,1-3H3. The summed E-state index contributed by atoms with van der Waals surface area (Å²) in [6.45, 7) is 1.78. The first-order valence-corrected chi connectivity index (χ1v) is 7.13. The highest BCUT2D eigenvalue weighted by molar-refractivity contribution is 5.93. The monoisotopic (exact) mass is 299 g/mol. The van der Waals surface area contributed by atoms with Gasteiger partial charge in [-0.25, -0.2) is 5.06 Å². The van der Waals surface area contributed by atoms with E-state index in [1.54, 1.807) is 38.2 Å². The second-order valence-electron chi connectivity index (χ2n) is 5.50. The average Bonchev–Trinajstić information content (AvgIpc) is 2.54. The lowest BCUT2D eigenvalue weighted by Gasteiger charge is -2.24. The first-order valence-electron chi connectivity index (χ1n) is 7.13. The molecule has 2 rings (SSSR count). The second kappa shape index (κ2) is 6.73. The van der Waals surface area contributed by atoms with Crippen LogP contribution in [0.2, 0.25) is 0 Å². The summed E-state index contributed by atoms with van der Waals surface area (Å²) in [5, 5.41) is 11.9. The molecule has 0 aliphatic rings. The molecule has 2 aromatic rings. The van der Waals surface area contributed by atoms with Gasteiger partial charge in [-0.1, -0.05) is 42.5 Å². The summed E-state index contributed by atoms with van der Waals surface area (Å²) in [5.74, 6) is -0.225. The van der Waals surface area contributed by atoms with Crippen LogP contribution in [0.15, 0.2) is 54.6 Å². The van der Waals surface area contributed by atoms with Crippen LogP contribution in [0.3, 0.4) is 0 Å². The van der Waals surface area contributed by atoms with Gasteiger partial charge in [0.1, 0.15) is 0 Å². The maximum atomic E-state index is 12.0. The Bertz CT molecular complexity index is 621. The van der Waals surface area contributed by atoms with Gasteiger partial charge < -0.3 is 5.11 Å². The first kappa shape index (κ1) is 16.2. The van der Waals surface area contributed by atoms with E-state index in [2.05, 4.69) is 0 Å². The normalized spacial score (nSPS) is 13.5. The minimum absolute atomic E-state index is 0.225. The smallest absolute Gasteiger partial charge is 0.277 e. The molecule has 0 saturated heterocycles. The second-order valence-corrected chi connectivity index (χ2v) is 5.50. The summed E-state index contributed by atoms with van der Waals surface area (Å²) in [6, 6.07) is 16.8. The van der Waals surface area contributed by atoms with E-state index in [0.29, 0.717) is 12.0 Å². The molecular weight excluding hydrogens is 278 g/mol. The Labute approximate surface area is 130 Å². The maximum Gasteiger partial charge on any atom is 0.277 e. The average molecular weight is 299 g/mol. The summed E-state index contributed by atoms with van der Waals surface area (Å²) < 4.78 is 0. The molecule has 1 atom stereocenters. The fraction of sp³-hybridized carbons (Fsp3) is 0.278. The zero-order chi connectivity index (χ0) is 16.2. The fourth-order valence-corrected chi connectivity index (χ4v) is 2.33. The molecule has 4 heteroatoms. The molecule has 2 aromatic carbocycles. The van der Waals surface area contributed by atoms with E-state index in [1.165, 1.54) is 7.11 Å². The van der Waals surface area contributed by atoms with Crippen LogP contribution in [0.5, 0.6) is 0 Å². The van der Waals surface area contributed by atoms with Crippen LogP contribution in [0.1, 0.15) is 28.4 Å². The number of carbonyl (C=O) groups is 1. The number of hydrogen-bond acceptors (Lipinski definition) is 3. The largest absolute Gasteiger partial charge is 0.385 e. The fourth-order valence-electron chi connectivity index (χ4n) is 2.33. The van der Waals surface area contributed by atoms with Gasteiger partial charge in [-0.3, -0.25) is 9.63 Å². The van der Waals surface area contributed by atoms with Crippen molar-refractivity contribution in [2.24, 2.45) is 0 Å². The van der Waals surface area contributed by atoms with Gasteiger partial charge in [0.05, 0.1) is 12.7 Å². The Morgan fingerprint density at radius 1 is 1.14 bits per heavy atom. The van der Waals surface area contributed by atoms with E-state index in [-0.39, 0.29) is 5.91 Å². The van der Waals surface area contributed by atoms with Crippen molar-refractivity contribution in [3.05, 3.63) is 71.3 Å². The SMILES string of the molecule is CON(C)C(=O)c1ccc(C(C)(O)Cc2ccccc2)cc1. The molecular formula is C18H21NO3. The number of amides is 1. The first-order chi connectivity index (χ1) is 10.4. The van der Waals surface area contributed by atoms with Crippen molar-refractivity contribution in [3.8, 4) is 0 Å². The summed E-state index contributed by atoms with van der Waals surface area (Å²) >= 11 is 0. The van der Waals surface area contributed by atoms with E-state index < -0.39 is 5.60 Å². The van der Waals surface area contributed by atoms with Crippen molar-refractivity contribution in [1.82, 2.24) is 5.06 Å². The summed E-state index contributed by atoms with van der Waals surface area (Å²) in [4.78, 5) is 16.8. The number of benzene rings is 2. The maximum absolute atomic E-state index is 12.0. The number of nitrogens with zero attached hydrogens (tertiary/aromatic N) is 1. The van der Waals surface area contributed by atoms with Gasteiger partial charge in [0.2, 0.25) is 0 Å². The van der Waals surface area contributed by atoms with Crippen molar-refractivity contribution >= 4 is 5.91 Å². The van der Waals surface area contributed by atoms with Crippen LogP contribution >= 0.6 is 0 Å². The van der Waals surface area contributed by atoms with Gasteiger partial charge in [-0.2, -0.15) is 0 Å². The zero-order valence-electron chi connectivity index (χ0n) is 13.1. The minimum Gasteiger partial charge on any atom is -0.385 e. The van der Waals surface area contributed by atoms with Crippen molar-refractivity contribution in [2.75, 3.05) is 14.2 Å². The number of hydrogen-bond donors (Lipinski definition) is 1. The van der Waals surface area contributed by atoms with E-state index in [0.717, 1.165) is 16.2 Å². The molecule has 0 aromatic heterocycles. The molecule has 0 spiro atoms. The van der Waals surface area contributed by atoms with Crippen molar-refractivity contribution in [3.63, 3.8) is 0 Å². The van der Waals surface area contributed by atoms with Gasteiger partial charge in [0, 0.05) is 19.0 Å². The van der Waals surface area contributed by atoms with E-state index in [9.17, 15) is 9.90 Å². The molecule has 0 heterocycles. The summed E-state index contributed by atoms with van der Waals surface area (Å²) in [6.07, 6.45) is 0.513. The molecule has 22 heavy (non-hydrogen) atoms. The lowest BCUT2D eigenvalue weighted by Crippen LogP contribution is -2.26. The van der Waals surface area contributed by atoms with Crippen LogP contribution in [-0.2, 0) is 16.9 Å². The molecule has 116 valence electrons. The molecule has 0 fully saturated rings. The Morgan fingerprint density at radius 2 is 1.73 bits per heavy atom. The number of carbonyl (C=O) groups excluding carboxylic acids is 1. The molecule has 0 aliphatic carbocycles. The van der Waals surface area contributed by atoms with Gasteiger partial charge in [0.15, 0.2) is 0 Å². The van der Waals surface area contributed by atoms with Gasteiger partial charge in [-0.15, -0.1) is 0 Å². The van der Waals surface area contributed by atoms with Crippen molar-refractivity contribution in [1.29, 1.82) is 0 Å². The lowest BCUT2D eigenvalue weighted by molar-refractivity contribution is -0.0757. The molecule has 1 amide bonds. The van der Waals surface area contributed by atoms with Crippen LogP contribution in [0, 0.1) is 0 Å². The molecule has 0 bridgehead atoms. The summed E-state index contributed by atoms with van der Waals surface area (Å²) in [5.41, 5.74) is 1.36. The van der Waals surface area contributed by atoms with Gasteiger partial charge >= 0.3 is 0 Å². The summed E-state index contributed by atoms with van der Waals surface area (Å²) in [7, 11) is 3.00. The Hall–Kier alpha value is -2.17. The third-order valence-electron chi connectivity index (χ3n) is 3.70. The van der Waals surface area contributed by atoms with E-state index in [1.807, 2.05) is 30.3 Å². The predicted molar refractivity (Wildman–Crippen MR) is 85.3 cm³/mol.